The number of alkyl carbamates (subject to hydrolysis) is 1. The Labute approximate surface area is 159 Å². The SMILES string of the molecule is CC(OCc1ccc(C(=O)O)cc1)C(CCC(N)=O)NC(=O)OC(C)(C)C. The number of nitrogens with two attached hydrogens (primary N) is 1. The molecule has 0 heterocycles. The summed E-state index contributed by atoms with van der Waals surface area (Å²) in [5.41, 5.74) is 5.54. The fourth-order valence-electron chi connectivity index (χ4n) is 2.27. The van der Waals surface area contributed by atoms with Gasteiger partial charge >= 0.3 is 12.1 Å². The third-order valence-corrected chi connectivity index (χ3v) is 3.68. The zero-order chi connectivity index (χ0) is 20.6. The Kier molecular flexibility index (Phi) is 8.24. The fraction of sp³-hybridized carbons (Fsp3) is 0.526. The van der Waals surface area contributed by atoms with E-state index in [1.165, 1.54) is 12.1 Å². The Hall–Kier alpha value is -2.61. The molecule has 2 atom stereocenters. The molecule has 0 saturated carbocycles. The van der Waals surface area contributed by atoms with Gasteiger partial charge in [0.1, 0.15) is 5.60 Å². The second-order valence-corrected chi connectivity index (χ2v) is 7.28. The van der Waals surface area contributed by atoms with Crippen LogP contribution in [0.4, 0.5) is 4.79 Å². The Morgan fingerprint density at radius 1 is 1.19 bits per heavy atom. The summed E-state index contributed by atoms with van der Waals surface area (Å²) in [6.07, 6.45) is -0.607. The number of ether oxygens (including phenoxy) is 2. The number of aromatic carboxylic acids is 1. The molecule has 0 aromatic heterocycles. The molecule has 1 aromatic rings. The molecule has 8 heteroatoms. The van der Waals surface area contributed by atoms with Crippen LogP contribution in [-0.4, -0.2) is 40.8 Å². The molecule has 0 aliphatic heterocycles. The number of nitrogens with one attached hydrogen (secondary N) is 1. The molecule has 8 nitrogen and oxygen atoms in total. The van der Waals surface area contributed by atoms with Gasteiger partial charge in [0.25, 0.3) is 0 Å². The summed E-state index contributed by atoms with van der Waals surface area (Å²) in [4.78, 5) is 34.0. The largest absolute Gasteiger partial charge is 0.478 e. The van der Waals surface area contributed by atoms with E-state index in [0.717, 1.165) is 5.56 Å². The van der Waals surface area contributed by atoms with Crippen molar-refractivity contribution in [3.8, 4) is 0 Å². The smallest absolute Gasteiger partial charge is 0.407 e. The number of carbonyl (C=O) groups is 3. The van der Waals surface area contributed by atoms with Gasteiger partial charge in [-0.1, -0.05) is 12.1 Å². The molecule has 0 bridgehead atoms. The van der Waals surface area contributed by atoms with Gasteiger partial charge in [-0.05, 0) is 51.8 Å². The summed E-state index contributed by atoms with van der Waals surface area (Å²) < 4.78 is 11.0. The van der Waals surface area contributed by atoms with Gasteiger partial charge in [-0.2, -0.15) is 0 Å². The third-order valence-electron chi connectivity index (χ3n) is 3.68. The van der Waals surface area contributed by atoms with Crippen LogP contribution in [0, 0.1) is 0 Å². The number of hydrogen-bond donors (Lipinski definition) is 3. The van der Waals surface area contributed by atoms with Gasteiger partial charge in [-0.25, -0.2) is 9.59 Å². The van der Waals surface area contributed by atoms with Crippen molar-refractivity contribution in [2.24, 2.45) is 5.73 Å². The van der Waals surface area contributed by atoms with Crippen molar-refractivity contribution in [3.63, 3.8) is 0 Å². The number of hydrogen-bond acceptors (Lipinski definition) is 5. The number of carboxylic acid groups (broad SMARTS) is 1. The number of carbonyl (C=O) groups excluding carboxylic acids is 2. The number of benzene rings is 1. The summed E-state index contributed by atoms with van der Waals surface area (Å²) in [5.74, 6) is -1.47. The Balaban J connectivity index is 2.68. The molecule has 0 radical (unpaired) electrons. The van der Waals surface area contributed by atoms with Gasteiger partial charge in [0, 0.05) is 6.42 Å². The summed E-state index contributed by atoms with van der Waals surface area (Å²) >= 11 is 0. The van der Waals surface area contributed by atoms with Gasteiger partial charge in [-0.3, -0.25) is 4.79 Å². The lowest BCUT2D eigenvalue weighted by Crippen LogP contribution is -2.45. The van der Waals surface area contributed by atoms with Gasteiger partial charge in [0.2, 0.25) is 5.91 Å². The van der Waals surface area contributed by atoms with E-state index < -0.39 is 35.7 Å². The molecule has 2 unspecified atom stereocenters. The average molecular weight is 380 g/mol. The lowest BCUT2D eigenvalue weighted by atomic mass is 10.1. The van der Waals surface area contributed by atoms with E-state index >= 15 is 0 Å². The Bertz CT molecular complexity index is 651. The van der Waals surface area contributed by atoms with Gasteiger partial charge < -0.3 is 25.6 Å². The molecular weight excluding hydrogens is 352 g/mol. The Morgan fingerprint density at radius 2 is 1.78 bits per heavy atom. The van der Waals surface area contributed by atoms with Crippen LogP contribution in [0.5, 0.6) is 0 Å². The monoisotopic (exact) mass is 380 g/mol. The van der Waals surface area contributed by atoms with E-state index in [1.807, 2.05) is 0 Å². The molecule has 0 aliphatic carbocycles. The first kappa shape index (κ1) is 22.4. The number of primary amides is 1. The third kappa shape index (κ3) is 9.05. The lowest BCUT2D eigenvalue weighted by Gasteiger charge is -2.27. The first-order chi connectivity index (χ1) is 12.5. The zero-order valence-corrected chi connectivity index (χ0v) is 16.2. The quantitative estimate of drug-likeness (QED) is 0.604. The average Bonchev–Trinajstić information content (AvgIpc) is 2.55. The molecule has 150 valence electrons. The van der Waals surface area contributed by atoms with Crippen molar-refractivity contribution in [2.75, 3.05) is 0 Å². The van der Waals surface area contributed by atoms with Crippen molar-refractivity contribution in [1.82, 2.24) is 5.32 Å². The molecule has 0 spiro atoms. The van der Waals surface area contributed by atoms with Crippen molar-refractivity contribution >= 4 is 18.0 Å². The maximum atomic E-state index is 12.0. The highest BCUT2D eigenvalue weighted by atomic mass is 16.6. The van der Waals surface area contributed by atoms with Crippen LogP contribution < -0.4 is 11.1 Å². The Morgan fingerprint density at radius 3 is 2.26 bits per heavy atom. The second kappa shape index (κ2) is 9.91. The van der Waals surface area contributed by atoms with Crippen LogP contribution >= 0.6 is 0 Å². The molecule has 0 aliphatic rings. The lowest BCUT2D eigenvalue weighted by molar-refractivity contribution is -0.118. The van der Waals surface area contributed by atoms with Crippen LogP contribution in [0.1, 0.15) is 56.5 Å². The molecule has 0 saturated heterocycles. The molecule has 4 N–H and O–H groups in total. The summed E-state index contributed by atoms with van der Waals surface area (Å²) in [6, 6.07) is 5.85. The zero-order valence-electron chi connectivity index (χ0n) is 16.2. The van der Waals surface area contributed by atoms with Crippen LogP contribution in [-0.2, 0) is 20.9 Å². The summed E-state index contributed by atoms with van der Waals surface area (Å²) in [7, 11) is 0. The highest BCUT2D eigenvalue weighted by Crippen LogP contribution is 2.13. The molecule has 0 fully saturated rings. The molecule has 27 heavy (non-hydrogen) atoms. The predicted octanol–water partition coefficient (Wildman–Crippen LogP) is 2.45. The van der Waals surface area contributed by atoms with E-state index in [0.29, 0.717) is 6.42 Å². The summed E-state index contributed by atoms with van der Waals surface area (Å²) in [5, 5.41) is 11.6. The van der Waals surface area contributed by atoms with Crippen molar-refractivity contribution in [1.29, 1.82) is 0 Å². The highest BCUT2D eigenvalue weighted by molar-refractivity contribution is 5.87. The van der Waals surface area contributed by atoms with Gasteiger partial charge in [-0.15, -0.1) is 0 Å². The van der Waals surface area contributed by atoms with E-state index in [1.54, 1.807) is 39.8 Å². The van der Waals surface area contributed by atoms with Gasteiger partial charge in [0.15, 0.2) is 0 Å². The minimum atomic E-state index is -0.996. The summed E-state index contributed by atoms with van der Waals surface area (Å²) in [6.45, 7) is 7.27. The minimum Gasteiger partial charge on any atom is -0.478 e. The minimum absolute atomic E-state index is 0.0987. The topological polar surface area (TPSA) is 128 Å². The maximum Gasteiger partial charge on any atom is 0.407 e. The predicted molar refractivity (Wildman–Crippen MR) is 99.2 cm³/mol. The first-order valence-corrected chi connectivity index (χ1v) is 8.69. The van der Waals surface area contributed by atoms with Crippen LogP contribution in [0.15, 0.2) is 24.3 Å². The highest BCUT2D eigenvalue weighted by Gasteiger charge is 2.24. The number of amides is 2. The number of carboxylic acids is 1. The van der Waals surface area contributed by atoms with Crippen LogP contribution in [0.25, 0.3) is 0 Å². The van der Waals surface area contributed by atoms with E-state index in [9.17, 15) is 14.4 Å². The second-order valence-electron chi connectivity index (χ2n) is 7.28. The van der Waals surface area contributed by atoms with Crippen molar-refractivity contribution in [3.05, 3.63) is 35.4 Å². The number of rotatable bonds is 9. The van der Waals surface area contributed by atoms with Crippen LogP contribution in [0.2, 0.25) is 0 Å². The molecule has 2 amide bonds. The van der Waals surface area contributed by atoms with E-state index in [4.69, 9.17) is 20.3 Å². The van der Waals surface area contributed by atoms with E-state index in [2.05, 4.69) is 5.32 Å². The molecule has 1 rings (SSSR count). The van der Waals surface area contributed by atoms with Gasteiger partial charge in [0.05, 0.1) is 24.3 Å². The van der Waals surface area contributed by atoms with Crippen molar-refractivity contribution < 1.29 is 29.0 Å². The van der Waals surface area contributed by atoms with Crippen LogP contribution in [0.3, 0.4) is 0 Å². The normalized spacial score (nSPS) is 13.5. The van der Waals surface area contributed by atoms with Crippen molar-refractivity contribution in [2.45, 2.75) is 64.9 Å². The molecular formula is C19H28N2O6. The molecule has 1 aromatic carbocycles. The fourth-order valence-corrected chi connectivity index (χ4v) is 2.27. The standard InChI is InChI=1S/C19H28N2O6/c1-12(26-11-13-5-7-14(8-6-13)17(23)24)15(9-10-16(20)22)21-18(25)27-19(2,3)4/h5-8,12,15H,9-11H2,1-4H3,(H2,20,22)(H,21,25)(H,23,24). The first-order valence-electron chi connectivity index (χ1n) is 8.69. The maximum absolute atomic E-state index is 12.0. The van der Waals surface area contributed by atoms with E-state index in [-0.39, 0.29) is 18.6 Å².